The van der Waals surface area contributed by atoms with Crippen LogP contribution in [0.5, 0.6) is 0 Å². The summed E-state index contributed by atoms with van der Waals surface area (Å²) < 4.78 is 4.81. The van der Waals surface area contributed by atoms with Crippen LogP contribution >= 0.6 is 0 Å². The molecule has 2 rings (SSSR count). The topological polar surface area (TPSA) is 49.8 Å². The molecule has 2 saturated heterocycles. The molecular weight excluding hydrogens is 182 g/mol. The fraction of sp³-hybridized carbons (Fsp3) is 0.900. The number of fused-ring (bicyclic) bond motifs is 2. The molecular formula is C10H17NO3. The molecule has 0 aromatic heterocycles. The maximum Gasteiger partial charge on any atom is 0.315 e. The Morgan fingerprint density at radius 1 is 1.57 bits per heavy atom. The van der Waals surface area contributed by atoms with Crippen LogP contribution in [0.2, 0.25) is 0 Å². The van der Waals surface area contributed by atoms with E-state index in [-0.39, 0.29) is 5.97 Å². The minimum absolute atomic E-state index is 0.241. The summed E-state index contributed by atoms with van der Waals surface area (Å²) in [6, 6.07) is 0. The first kappa shape index (κ1) is 9.93. The van der Waals surface area contributed by atoms with E-state index in [0.717, 1.165) is 25.9 Å². The van der Waals surface area contributed by atoms with Crippen LogP contribution < -0.4 is 0 Å². The second kappa shape index (κ2) is 3.51. The Hall–Kier alpha value is -0.610. The standard InChI is InChI=1S/C10H17NO3/c1-14-9(13)10-4-6-11(7-10)5-2-3-8(10)12/h8,12H,2-7H2,1H3. The van der Waals surface area contributed by atoms with Crippen molar-refractivity contribution >= 4 is 5.97 Å². The molecule has 0 radical (unpaired) electrons. The first-order chi connectivity index (χ1) is 6.69. The third-order valence-corrected chi connectivity index (χ3v) is 3.56. The predicted molar refractivity (Wildman–Crippen MR) is 50.7 cm³/mol. The van der Waals surface area contributed by atoms with Crippen molar-refractivity contribution in [2.24, 2.45) is 5.41 Å². The summed E-state index contributed by atoms with van der Waals surface area (Å²) in [5, 5.41) is 10.0. The van der Waals surface area contributed by atoms with Gasteiger partial charge in [-0.05, 0) is 32.4 Å². The van der Waals surface area contributed by atoms with Crippen LogP contribution in [0, 0.1) is 5.41 Å². The fourth-order valence-electron chi connectivity index (χ4n) is 2.67. The van der Waals surface area contributed by atoms with Gasteiger partial charge in [0.25, 0.3) is 0 Å². The quantitative estimate of drug-likeness (QED) is 0.604. The van der Waals surface area contributed by atoms with E-state index in [2.05, 4.69) is 4.90 Å². The molecule has 2 fully saturated rings. The summed E-state index contributed by atoms with van der Waals surface area (Å²) in [7, 11) is 1.40. The van der Waals surface area contributed by atoms with Crippen molar-refractivity contribution in [1.82, 2.24) is 4.90 Å². The molecule has 4 nitrogen and oxygen atoms in total. The number of methoxy groups -OCH3 is 1. The van der Waals surface area contributed by atoms with Crippen LogP contribution in [-0.4, -0.2) is 48.8 Å². The zero-order valence-corrected chi connectivity index (χ0v) is 8.53. The molecule has 3 atom stereocenters. The monoisotopic (exact) mass is 199 g/mol. The number of aliphatic hydroxyl groups is 1. The van der Waals surface area contributed by atoms with E-state index < -0.39 is 11.5 Å². The molecule has 3 unspecified atom stereocenters. The van der Waals surface area contributed by atoms with Gasteiger partial charge in [-0.15, -0.1) is 0 Å². The lowest BCUT2D eigenvalue weighted by Gasteiger charge is -2.29. The number of carbonyl (C=O) groups excluding carboxylic acids is 1. The van der Waals surface area contributed by atoms with Gasteiger partial charge < -0.3 is 14.7 Å². The van der Waals surface area contributed by atoms with Gasteiger partial charge in [-0.2, -0.15) is 0 Å². The number of aliphatic hydroxyl groups excluding tert-OH is 1. The van der Waals surface area contributed by atoms with E-state index in [4.69, 9.17) is 4.74 Å². The number of hydrogen-bond donors (Lipinski definition) is 1. The number of carbonyl (C=O) groups is 1. The number of ether oxygens (including phenoxy) is 1. The van der Waals surface area contributed by atoms with Gasteiger partial charge in [0.15, 0.2) is 0 Å². The Morgan fingerprint density at radius 3 is 3.07 bits per heavy atom. The van der Waals surface area contributed by atoms with E-state index in [1.807, 2.05) is 0 Å². The Bertz CT molecular complexity index is 244. The molecule has 14 heavy (non-hydrogen) atoms. The van der Waals surface area contributed by atoms with E-state index in [1.165, 1.54) is 7.11 Å². The van der Waals surface area contributed by atoms with Gasteiger partial charge in [0.2, 0.25) is 0 Å². The molecule has 2 aliphatic rings. The molecule has 2 aliphatic heterocycles. The van der Waals surface area contributed by atoms with Crippen molar-refractivity contribution in [2.45, 2.75) is 25.4 Å². The highest BCUT2D eigenvalue weighted by atomic mass is 16.5. The van der Waals surface area contributed by atoms with E-state index >= 15 is 0 Å². The van der Waals surface area contributed by atoms with E-state index in [9.17, 15) is 9.90 Å². The average Bonchev–Trinajstić information content (AvgIpc) is 2.54. The average molecular weight is 199 g/mol. The molecule has 0 aliphatic carbocycles. The molecule has 0 aromatic carbocycles. The van der Waals surface area contributed by atoms with Crippen molar-refractivity contribution in [3.05, 3.63) is 0 Å². The molecule has 0 spiro atoms. The van der Waals surface area contributed by atoms with Gasteiger partial charge in [-0.1, -0.05) is 0 Å². The van der Waals surface area contributed by atoms with Gasteiger partial charge in [0, 0.05) is 6.54 Å². The molecule has 2 heterocycles. The highest BCUT2D eigenvalue weighted by Crippen LogP contribution is 2.39. The lowest BCUT2D eigenvalue weighted by molar-refractivity contribution is -0.159. The number of hydrogen-bond acceptors (Lipinski definition) is 4. The Kier molecular flexibility index (Phi) is 2.49. The molecule has 1 N–H and O–H groups in total. The zero-order valence-electron chi connectivity index (χ0n) is 8.53. The maximum absolute atomic E-state index is 11.7. The number of nitrogens with zero attached hydrogens (tertiary/aromatic N) is 1. The highest BCUT2D eigenvalue weighted by Gasteiger charge is 2.51. The summed E-state index contributed by atoms with van der Waals surface area (Å²) in [5.41, 5.74) is -0.634. The van der Waals surface area contributed by atoms with Gasteiger partial charge in [0.1, 0.15) is 5.41 Å². The summed E-state index contributed by atoms with van der Waals surface area (Å²) in [6.07, 6.45) is 1.90. The summed E-state index contributed by atoms with van der Waals surface area (Å²) >= 11 is 0. The van der Waals surface area contributed by atoms with E-state index in [0.29, 0.717) is 13.0 Å². The Labute approximate surface area is 83.8 Å². The Morgan fingerprint density at radius 2 is 2.36 bits per heavy atom. The lowest BCUT2D eigenvalue weighted by atomic mass is 9.79. The first-order valence-corrected chi connectivity index (χ1v) is 5.18. The van der Waals surface area contributed by atoms with Crippen LogP contribution in [0.3, 0.4) is 0 Å². The normalized spacial score (nSPS) is 41.9. The predicted octanol–water partition coefficient (Wildman–Crippen LogP) is 0.00620. The molecule has 2 bridgehead atoms. The number of rotatable bonds is 1. The van der Waals surface area contributed by atoms with Crippen molar-refractivity contribution < 1.29 is 14.6 Å². The Balaban J connectivity index is 2.25. The van der Waals surface area contributed by atoms with Crippen molar-refractivity contribution in [1.29, 1.82) is 0 Å². The van der Waals surface area contributed by atoms with Gasteiger partial charge >= 0.3 is 5.97 Å². The second-order valence-corrected chi connectivity index (χ2v) is 4.33. The van der Waals surface area contributed by atoms with Crippen LogP contribution in [0.1, 0.15) is 19.3 Å². The smallest absolute Gasteiger partial charge is 0.315 e. The van der Waals surface area contributed by atoms with Crippen molar-refractivity contribution in [2.75, 3.05) is 26.7 Å². The van der Waals surface area contributed by atoms with Crippen molar-refractivity contribution in [3.63, 3.8) is 0 Å². The molecule has 0 saturated carbocycles. The zero-order chi connectivity index (χ0) is 10.2. The van der Waals surface area contributed by atoms with Gasteiger partial charge in [0.05, 0.1) is 13.2 Å². The van der Waals surface area contributed by atoms with Crippen molar-refractivity contribution in [3.8, 4) is 0 Å². The highest BCUT2D eigenvalue weighted by molar-refractivity contribution is 5.78. The van der Waals surface area contributed by atoms with Crippen LogP contribution in [-0.2, 0) is 9.53 Å². The molecule has 0 aromatic rings. The minimum atomic E-state index is -0.634. The third kappa shape index (κ3) is 1.33. The van der Waals surface area contributed by atoms with Crippen LogP contribution in [0.15, 0.2) is 0 Å². The van der Waals surface area contributed by atoms with Crippen LogP contribution in [0.4, 0.5) is 0 Å². The van der Waals surface area contributed by atoms with Crippen LogP contribution in [0.25, 0.3) is 0 Å². The summed E-state index contributed by atoms with van der Waals surface area (Å²) in [4.78, 5) is 13.9. The minimum Gasteiger partial charge on any atom is -0.468 e. The molecule has 0 amide bonds. The molecule has 80 valence electrons. The maximum atomic E-state index is 11.7. The van der Waals surface area contributed by atoms with Gasteiger partial charge in [-0.3, -0.25) is 4.79 Å². The van der Waals surface area contributed by atoms with E-state index in [1.54, 1.807) is 0 Å². The second-order valence-electron chi connectivity index (χ2n) is 4.33. The first-order valence-electron chi connectivity index (χ1n) is 5.18. The lowest BCUT2D eigenvalue weighted by Crippen LogP contribution is -2.44. The summed E-state index contributed by atoms with van der Waals surface area (Å²) in [5.74, 6) is -0.241. The largest absolute Gasteiger partial charge is 0.468 e. The molecule has 4 heteroatoms. The SMILES string of the molecule is COC(=O)C12CCN(CCCC1O)C2. The van der Waals surface area contributed by atoms with Gasteiger partial charge in [-0.25, -0.2) is 0 Å². The number of esters is 1. The summed E-state index contributed by atoms with van der Waals surface area (Å²) in [6.45, 7) is 2.57. The third-order valence-electron chi connectivity index (χ3n) is 3.56. The fourth-order valence-corrected chi connectivity index (χ4v) is 2.67.